The van der Waals surface area contributed by atoms with Gasteiger partial charge in [0.2, 0.25) is 11.8 Å². The Morgan fingerprint density at radius 2 is 1.77 bits per heavy atom. The van der Waals surface area contributed by atoms with Gasteiger partial charge in [-0.1, -0.05) is 51.1 Å². The van der Waals surface area contributed by atoms with Crippen molar-refractivity contribution in [2.45, 2.75) is 110 Å². The van der Waals surface area contributed by atoms with Crippen molar-refractivity contribution in [3.63, 3.8) is 0 Å². The average Bonchev–Trinajstić information content (AvgIpc) is 3.39. The zero-order chi connectivity index (χ0) is 31.1. The maximum atomic E-state index is 13.7. The molecular weight excluding hydrogens is 542 g/mol. The summed E-state index contributed by atoms with van der Waals surface area (Å²) in [5.74, 6) is -0.324. The van der Waals surface area contributed by atoms with Gasteiger partial charge in [0.1, 0.15) is 5.75 Å². The second-order valence-corrected chi connectivity index (χ2v) is 13.5. The van der Waals surface area contributed by atoms with Gasteiger partial charge in [0.15, 0.2) is 0 Å². The van der Waals surface area contributed by atoms with Crippen molar-refractivity contribution in [2.24, 2.45) is 11.3 Å². The molecule has 234 valence electrons. The van der Waals surface area contributed by atoms with E-state index in [4.69, 9.17) is 4.74 Å². The molecule has 3 unspecified atom stereocenters. The molecule has 3 amide bonds. The summed E-state index contributed by atoms with van der Waals surface area (Å²) in [5.41, 5.74) is 2.26. The first-order valence-corrected chi connectivity index (χ1v) is 15.9. The van der Waals surface area contributed by atoms with Gasteiger partial charge in [-0.15, -0.1) is 0 Å². The lowest BCUT2D eigenvalue weighted by atomic mass is 9.75. The number of aliphatic hydroxyl groups excluding tert-OH is 1. The van der Waals surface area contributed by atoms with Crippen LogP contribution < -0.4 is 20.3 Å². The Hall–Kier alpha value is -3.39. The number of nitrogens with one attached hydrogen (secondary N) is 2. The molecule has 8 heteroatoms. The second-order valence-electron chi connectivity index (χ2n) is 13.5. The van der Waals surface area contributed by atoms with Gasteiger partial charge in [-0.05, 0) is 81.9 Å². The third kappa shape index (κ3) is 9.30. The first-order valence-electron chi connectivity index (χ1n) is 15.9. The lowest BCUT2D eigenvalue weighted by Gasteiger charge is -2.35. The number of hydrogen-bond donors (Lipinski definition) is 3. The van der Waals surface area contributed by atoms with Crippen LogP contribution in [-0.2, 0) is 16.0 Å². The topological polar surface area (TPSA) is 108 Å². The second kappa shape index (κ2) is 14.4. The highest BCUT2D eigenvalue weighted by molar-refractivity contribution is 5.99. The molecule has 1 aliphatic heterocycles. The number of aliphatic hydroxyl groups is 1. The molecule has 2 aromatic carbocycles. The highest BCUT2D eigenvalue weighted by atomic mass is 16.5. The van der Waals surface area contributed by atoms with Crippen molar-refractivity contribution in [3.05, 3.63) is 59.7 Å². The molecule has 0 bridgehead atoms. The predicted molar refractivity (Wildman–Crippen MR) is 169 cm³/mol. The van der Waals surface area contributed by atoms with Gasteiger partial charge in [0.25, 0.3) is 5.91 Å². The fourth-order valence-electron chi connectivity index (χ4n) is 6.06. The Bertz CT molecular complexity index is 1250. The van der Waals surface area contributed by atoms with Gasteiger partial charge in [-0.2, -0.15) is 0 Å². The van der Waals surface area contributed by atoms with Gasteiger partial charge in [-0.3, -0.25) is 14.4 Å². The number of carbonyl (C=O) groups is 3. The molecule has 43 heavy (non-hydrogen) atoms. The molecule has 1 heterocycles. The predicted octanol–water partition coefficient (Wildman–Crippen LogP) is 5.41. The molecule has 0 aromatic heterocycles. The fourth-order valence-corrected chi connectivity index (χ4v) is 6.06. The molecule has 1 saturated carbocycles. The zero-order valence-electron chi connectivity index (χ0n) is 26.4. The van der Waals surface area contributed by atoms with Crippen LogP contribution in [0.15, 0.2) is 48.5 Å². The summed E-state index contributed by atoms with van der Waals surface area (Å²) >= 11 is 0. The van der Waals surface area contributed by atoms with Crippen LogP contribution in [-0.4, -0.2) is 53.7 Å². The van der Waals surface area contributed by atoms with E-state index in [0.717, 1.165) is 37.7 Å². The maximum absolute atomic E-state index is 13.7. The SMILES string of the molecule is CC(C)Oc1cc(C(=O)NC(Cc2ccccc2)C(O)CC(C)C(=O)NC2CCC(C)(C)CC2)cc(N2CCCC2=O)c1. The van der Waals surface area contributed by atoms with Crippen LogP contribution in [0.5, 0.6) is 5.75 Å². The fraction of sp³-hybridized carbons (Fsp3) is 0.571. The molecule has 2 fully saturated rings. The summed E-state index contributed by atoms with van der Waals surface area (Å²) < 4.78 is 5.93. The van der Waals surface area contributed by atoms with Gasteiger partial charge < -0.3 is 25.4 Å². The summed E-state index contributed by atoms with van der Waals surface area (Å²) in [6.07, 6.45) is 4.89. The van der Waals surface area contributed by atoms with E-state index in [2.05, 4.69) is 24.5 Å². The summed E-state index contributed by atoms with van der Waals surface area (Å²) in [4.78, 5) is 41.0. The number of hydrogen-bond acceptors (Lipinski definition) is 5. The van der Waals surface area contributed by atoms with E-state index in [9.17, 15) is 19.5 Å². The molecule has 2 aromatic rings. The van der Waals surface area contributed by atoms with Crippen LogP contribution in [0.25, 0.3) is 0 Å². The highest BCUT2D eigenvalue weighted by Crippen LogP contribution is 2.35. The number of ether oxygens (including phenoxy) is 1. The lowest BCUT2D eigenvalue weighted by molar-refractivity contribution is -0.126. The Labute approximate surface area is 256 Å². The van der Waals surface area contributed by atoms with Crippen LogP contribution in [0.3, 0.4) is 0 Å². The van der Waals surface area contributed by atoms with Crippen molar-refractivity contribution in [1.82, 2.24) is 10.6 Å². The Balaban J connectivity index is 1.49. The summed E-state index contributed by atoms with van der Waals surface area (Å²) in [6.45, 7) is 10.8. The van der Waals surface area contributed by atoms with E-state index in [1.54, 1.807) is 23.1 Å². The molecule has 8 nitrogen and oxygen atoms in total. The largest absolute Gasteiger partial charge is 0.491 e. The Morgan fingerprint density at radius 1 is 1.07 bits per heavy atom. The summed E-state index contributed by atoms with van der Waals surface area (Å²) in [7, 11) is 0. The van der Waals surface area contributed by atoms with E-state index in [1.807, 2.05) is 51.1 Å². The molecule has 3 N–H and O–H groups in total. The van der Waals surface area contributed by atoms with Crippen LogP contribution in [0.2, 0.25) is 0 Å². The summed E-state index contributed by atoms with van der Waals surface area (Å²) in [5, 5.41) is 17.7. The molecule has 1 aliphatic carbocycles. The van der Waals surface area contributed by atoms with Crippen LogP contribution in [0.4, 0.5) is 5.69 Å². The Kier molecular flexibility index (Phi) is 10.9. The van der Waals surface area contributed by atoms with Gasteiger partial charge in [0, 0.05) is 42.2 Å². The quantitative estimate of drug-likeness (QED) is 0.306. The van der Waals surface area contributed by atoms with Crippen molar-refractivity contribution in [3.8, 4) is 5.75 Å². The minimum Gasteiger partial charge on any atom is -0.491 e. The molecule has 0 spiro atoms. The van der Waals surface area contributed by atoms with E-state index >= 15 is 0 Å². The smallest absolute Gasteiger partial charge is 0.251 e. The monoisotopic (exact) mass is 591 g/mol. The third-order valence-corrected chi connectivity index (χ3v) is 8.72. The van der Waals surface area contributed by atoms with E-state index in [0.29, 0.717) is 41.8 Å². The number of benzene rings is 2. The number of carbonyl (C=O) groups excluding carboxylic acids is 3. The van der Waals surface area contributed by atoms with Crippen molar-refractivity contribution in [1.29, 1.82) is 0 Å². The lowest BCUT2D eigenvalue weighted by Crippen LogP contribution is -2.47. The first kappa shape index (κ1) is 32.5. The minimum absolute atomic E-state index is 0.0228. The van der Waals surface area contributed by atoms with E-state index in [-0.39, 0.29) is 36.3 Å². The molecular formula is C35H49N3O5. The van der Waals surface area contributed by atoms with Gasteiger partial charge in [0.05, 0.1) is 18.2 Å². The summed E-state index contributed by atoms with van der Waals surface area (Å²) in [6, 6.07) is 14.4. The molecule has 1 saturated heterocycles. The van der Waals surface area contributed by atoms with E-state index in [1.165, 1.54) is 0 Å². The molecule has 2 aliphatic rings. The highest BCUT2D eigenvalue weighted by Gasteiger charge is 2.31. The molecule has 3 atom stereocenters. The normalized spacial score (nSPS) is 19.1. The average molecular weight is 592 g/mol. The van der Waals surface area contributed by atoms with Crippen molar-refractivity contribution in [2.75, 3.05) is 11.4 Å². The Morgan fingerprint density at radius 3 is 2.40 bits per heavy atom. The van der Waals surface area contributed by atoms with Crippen LogP contribution in [0, 0.1) is 11.3 Å². The zero-order valence-corrected chi connectivity index (χ0v) is 26.4. The maximum Gasteiger partial charge on any atom is 0.251 e. The number of amides is 3. The van der Waals surface area contributed by atoms with Gasteiger partial charge in [-0.25, -0.2) is 0 Å². The van der Waals surface area contributed by atoms with Crippen LogP contribution >= 0.6 is 0 Å². The van der Waals surface area contributed by atoms with Crippen LogP contribution in [0.1, 0.15) is 95.5 Å². The number of anilines is 1. The standard InChI is InChI=1S/C35H49N3O5/c1-23(2)43-29-21-26(20-28(22-29)38-17-9-12-32(38)40)34(42)37-30(19-25-10-7-6-8-11-25)31(39)18-24(3)33(41)36-27-13-15-35(4,5)16-14-27/h6-8,10-11,20-24,27,30-31,39H,9,12-19H2,1-5H3,(H,36,41)(H,37,42). The van der Waals surface area contributed by atoms with E-state index < -0.39 is 18.1 Å². The first-order chi connectivity index (χ1) is 20.4. The minimum atomic E-state index is -0.954. The number of rotatable bonds is 12. The third-order valence-electron chi connectivity index (χ3n) is 8.72. The molecule has 0 radical (unpaired) electrons. The van der Waals surface area contributed by atoms with Crippen molar-refractivity contribution >= 4 is 23.4 Å². The van der Waals surface area contributed by atoms with Crippen molar-refractivity contribution < 1.29 is 24.2 Å². The van der Waals surface area contributed by atoms with Gasteiger partial charge >= 0.3 is 0 Å². The molecule has 4 rings (SSSR count). The number of nitrogens with zero attached hydrogens (tertiary/aromatic N) is 1.